The van der Waals surface area contributed by atoms with Crippen LogP contribution in [-0.2, 0) is 10.0 Å². The number of benzene rings is 2. The molecule has 0 aliphatic heterocycles. The normalized spacial score (nSPS) is 11.3. The van der Waals surface area contributed by atoms with Crippen molar-refractivity contribution in [2.75, 3.05) is 11.3 Å². The van der Waals surface area contributed by atoms with Gasteiger partial charge in [0.2, 0.25) is 0 Å². The van der Waals surface area contributed by atoms with Crippen LogP contribution in [0.15, 0.2) is 41.3 Å². The SMILES string of the molecule is CCOc1ccc(S(=O)(=O)Nc2cc(C)ccc2C)cc1C. The van der Waals surface area contributed by atoms with Gasteiger partial charge in [-0.15, -0.1) is 0 Å². The summed E-state index contributed by atoms with van der Waals surface area (Å²) in [5.74, 6) is 0.702. The molecule has 0 radical (unpaired) electrons. The lowest BCUT2D eigenvalue weighted by atomic mass is 10.1. The van der Waals surface area contributed by atoms with E-state index in [0.717, 1.165) is 16.7 Å². The fourth-order valence-electron chi connectivity index (χ4n) is 2.16. The highest BCUT2D eigenvalue weighted by Gasteiger charge is 2.16. The number of hydrogen-bond donors (Lipinski definition) is 1. The van der Waals surface area contributed by atoms with Crippen molar-refractivity contribution in [3.05, 3.63) is 53.1 Å². The summed E-state index contributed by atoms with van der Waals surface area (Å²) in [4.78, 5) is 0.231. The second kappa shape index (κ2) is 6.40. The molecular weight excluding hydrogens is 298 g/mol. The summed E-state index contributed by atoms with van der Waals surface area (Å²) in [5, 5.41) is 0. The van der Waals surface area contributed by atoms with E-state index in [1.54, 1.807) is 18.2 Å². The van der Waals surface area contributed by atoms with Crippen LogP contribution >= 0.6 is 0 Å². The van der Waals surface area contributed by atoms with Crippen molar-refractivity contribution < 1.29 is 13.2 Å². The van der Waals surface area contributed by atoms with Gasteiger partial charge >= 0.3 is 0 Å². The molecule has 0 spiro atoms. The van der Waals surface area contributed by atoms with Crippen molar-refractivity contribution >= 4 is 15.7 Å². The minimum absolute atomic E-state index is 0.231. The molecule has 0 aliphatic rings. The van der Waals surface area contributed by atoms with E-state index in [2.05, 4.69) is 4.72 Å². The molecule has 1 N–H and O–H groups in total. The number of rotatable bonds is 5. The summed E-state index contributed by atoms with van der Waals surface area (Å²) in [6, 6.07) is 10.6. The molecule has 0 aliphatic carbocycles. The Hall–Kier alpha value is -2.01. The third-order valence-electron chi connectivity index (χ3n) is 3.39. The highest BCUT2D eigenvalue weighted by Crippen LogP contribution is 2.25. The van der Waals surface area contributed by atoms with Gasteiger partial charge in [-0.05, 0) is 68.7 Å². The summed E-state index contributed by atoms with van der Waals surface area (Å²) >= 11 is 0. The minimum Gasteiger partial charge on any atom is -0.494 e. The topological polar surface area (TPSA) is 55.4 Å². The van der Waals surface area contributed by atoms with Gasteiger partial charge in [0.05, 0.1) is 17.2 Å². The molecule has 0 bridgehead atoms. The van der Waals surface area contributed by atoms with E-state index in [4.69, 9.17) is 4.74 Å². The van der Waals surface area contributed by atoms with E-state index in [-0.39, 0.29) is 4.90 Å². The zero-order valence-corrected chi connectivity index (χ0v) is 14.1. The summed E-state index contributed by atoms with van der Waals surface area (Å²) < 4.78 is 33.2. The molecule has 118 valence electrons. The lowest BCUT2D eigenvalue weighted by Crippen LogP contribution is -2.14. The second-order valence-corrected chi connectivity index (χ2v) is 6.97. The van der Waals surface area contributed by atoms with Gasteiger partial charge in [0.1, 0.15) is 5.75 Å². The lowest BCUT2D eigenvalue weighted by Gasteiger charge is -2.13. The van der Waals surface area contributed by atoms with Crippen LogP contribution in [0, 0.1) is 20.8 Å². The highest BCUT2D eigenvalue weighted by molar-refractivity contribution is 7.92. The summed E-state index contributed by atoms with van der Waals surface area (Å²) in [6.07, 6.45) is 0. The van der Waals surface area contributed by atoms with Crippen molar-refractivity contribution in [2.24, 2.45) is 0 Å². The summed E-state index contributed by atoms with van der Waals surface area (Å²) in [5.41, 5.74) is 3.29. The number of sulfonamides is 1. The Bertz CT molecular complexity index is 782. The number of anilines is 1. The molecule has 0 aromatic heterocycles. The van der Waals surface area contributed by atoms with Crippen LogP contribution in [0.1, 0.15) is 23.6 Å². The molecule has 0 saturated heterocycles. The van der Waals surface area contributed by atoms with E-state index in [0.29, 0.717) is 18.0 Å². The highest BCUT2D eigenvalue weighted by atomic mass is 32.2. The minimum atomic E-state index is -3.61. The van der Waals surface area contributed by atoms with Crippen LogP contribution in [0.3, 0.4) is 0 Å². The van der Waals surface area contributed by atoms with Crippen molar-refractivity contribution in [3.63, 3.8) is 0 Å². The van der Waals surface area contributed by atoms with Gasteiger partial charge < -0.3 is 4.74 Å². The number of nitrogens with one attached hydrogen (secondary N) is 1. The second-order valence-electron chi connectivity index (χ2n) is 5.28. The quantitative estimate of drug-likeness (QED) is 0.911. The van der Waals surface area contributed by atoms with Crippen LogP contribution < -0.4 is 9.46 Å². The van der Waals surface area contributed by atoms with Gasteiger partial charge in [-0.3, -0.25) is 4.72 Å². The number of ether oxygens (including phenoxy) is 1. The molecule has 0 heterocycles. The third-order valence-corrected chi connectivity index (χ3v) is 4.76. The Morgan fingerprint density at radius 1 is 1.00 bits per heavy atom. The first kappa shape index (κ1) is 16.4. The van der Waals surface area contributed by atoms with E-state index >= 15 is 0 Å². The van der Waals surface area contributed by atoms with Crippen molar-refractivity contribution in [3.8, 4) is 5.75 Å². The maximum Gasteiger partial charge on any atom is 0.261 e. The monoisotopic (exact) mass is 319 g/mol. The third kappa shape index (κ3) is 3.60. The van der Waals surface area contributed by atoms with E-state index in [1.807, 2.05) is 45.9 Å². The van der Waals surface area contributed by atoms with Crippen LogP contribution in [-0.4, -0.2) is 15.0 Å². The molecule has 4 nitrogen and oxygen atoms in total. The van der Waals surface area contributed by atoms with Crippen molar-refractivity contribution in [1.82, 2.24) is 0 Å². The van der Waals surface area contributed by atoms with Crippen molar-refractivity contribution in [2.45, 2.75) is 32.6 Å². The summed E-state index contributed by atoms with van der Waals surface area (Å²) in [6.45, 7) is 8.08. The van der Waals surface area contributed by atoms with Gasteiger partial charge in [-0.2, -0.15) is 0 Å². The number of aryl methyl sites for hydroxylation is 3. The first-order valence-electron chi connectivity index (χ1n) is 7.17. The molecule has 2 rings (SSSR count). The van der Waals surface area contributed by atoms with E-state index < -0.39 is 10.0 Å². The Morgan fingerprint density at radius 2 is 1.73 bits per heavy atom. The fourth-order valence-corrected chi connectivity index (χ4v) is 3.36. The first-order valence-corrected chi connectivity index (χ1v) is 8.65. The Labute approximate surface area is 132 Å². The van der Waals surface area contributed by atoms with Gasteiger partial charge in [0, 0.05) is 0 Å². The molecular formula is C17H21NO3S. The molecule has 22 heavy (non-hydrogen) atoms. The Kier molecular flexibility index (Phi) is 4.76. The largest absolute Gasteiger partial charge is 0.494 e. The Balaban J connectivity index is 2.34. The van der Waals surface area contributed by atoms with Gasteiger partial charge in [0.15, 0.2) is 0 Å². The molecule has 2 aromatic rings. The van der Waals surface area contributed by atoms with Crippen molar-refractivity contribution in [1.29, 1.82) is 0 Å². The smallest absolute Gasteiger partial charge is 0.261 e. The predicted molar refractivity (Wildman–Crippen MR) is 89.1 cm³/mol. The van der Waals surface area contributed by atoms with Gasteiger partial charge in [-0.1, -0.05) is 12.1 Å². The molecule has 0 saturated carbocycles. The summed E-state index contributed by atoms with van der Waals surface area (Å²) in [7, 11) is -3.61. The van der Waals surface area contributed by atoms with Gasteiger partial charge in [0.25, 0.3) is 10.0 Å². The lowest BCUT2D eigenvalue weighted by molar-refractivity contribution is 0.337. The maximum atomic E-state index is 12.5. The standard InChI is InChI=1S/C17H21NO3S/c1-5-21-17-9-8-15(11-14(17)4)22(19,20)18-16-10-12(2)6-7-13(16)3/h6-11,18H,5H2,1-4H3. The van der Waals surface area contributed by atoms with Crippen LogP contribution in [0.4, 0.5) is 5.69 Å². The molecule has 2 aromatic carbocycles. The number of hydrogen-bond acceptors (Lipinski definition) is 3. The fraction of sp³-hybridized carbons (Fsp3) is 0.294. The van der Waals surface area contributed by atoms with Crippen LogP contribution in [0.25, 0.3) is 0 Å². The van der Waals surface area contributed by atoms with E-state index in [1.165, 1.54) is 0 Å². The zero-order chi connectivity index (χ0) is 16.3. The molecule has 0 atom stereocenters. The van der Waals surface area contributed by atoms with E-state index in [9.17, 15) is 8.42 Å². The Morgan fingerprint density at radius 3 is 2.36 bits per heavy atom. The maximum absolute atomic E-state index is 12.5. The zero-order valence-electron chi connectivity index (χ0n) is 13.3. The predicted octanol–water partition coefficient (Wildman–Crippen LogP) is 3.81. The van der Waals surface area contributed by atoms with Gasteiger partial charge in [-0.25, -0.2) is 8.42 Å². The van der Waals surface area contributed by atoms with Crippen LogP contribution in [0.2, 0.25) is 0 Å². The van der Waals surface area contributed by atoms with Crippen LogP contribution in [0.5, 0.6) is 5.75 Å². The molecule has 5 heteroatoms. The molecule has 0 amide bonds. The first-order chi connectivity index (χ1) is 10.3. The average Bonchev–Trinajstić information content (AvgIpc) is 2.45. The molecule has 0 unspecified atom stereocenters. The molecule has 0 fully saturated rings. The average molecular weight is 319 g/mol.